The van der Waals surface area contributed by atoms with Crippen LogP contribution in [0.2, 0.25) is 0 Å². The molecule has 0 radical (unpaired) electrons. The average Bonchev–Trinajstić information content (AvgIpc) is 2.41. The number of hydrogen-bond acceptors (Lipinski definition) is 2. The van der Waals surface area contributed by atoms with Crippen molar-refractivity contribution in [2.45, 2.75) is 12.5 Å². The van der Waals surface area contributed by atoms with Crippen LogP contribution in [0.5, 0.6) is 0 Å². The Hall–Kier alpha value is -1.30. The van der Waals surface area contributed by atoms with E-state index in [9.17, 15) is 8.78 Å². The quantitative estimate of drug-likeness (QED) is 0.667. The second-order valence-electron chi connectivity index (χ2n) is 4.22. The van der Waals surface area contributed by atoms with Gasteiger partial charge in [0.25, 0.3) is 0 Å². The maximum atomic E-state index is 13.3. The molecule has 0 heterocycles. The first-order valence-electron chi connectivity index (χ1n) is 5.75. The maximum Gasteiger partial charge on any atom is 0.123 e. The zero-order valence-corrected chi connectivity index (χ0v) is 11.6. The smallest absolute Gasteiger partial charge is 0.123 e. The number of hydrazine groups is 1. The minimum atomic E-state index is -0.322. The van der Waals surface area contributed by atoms with Gasteiger partial charge in [-0.2, -0.15) is 0 Å². The Bertz CT molecular complexity index is 558. The van der Waals surface area contributed by atoms with Crippen molar-refractivity contribution in [3.63, 3.8) is 0 Å². The summed E-state index contributed by atoms with van der Waals surface area (Å²) in [5.41, 5.74) is 4.30. The zero-order valence-electron chi connectivity index (χ0n) is 10.0. The molecule has 0 aliphatic heterocycles. The molecule has 2 aromatic rings. The van der Waals surface area contributed by atoms with Crippen LogP contribution in [0.15, 0.2) is 46.9 Å². The minimum absolute atomic E-state index is 0.254. The molecule has 0 fully saturated rings. The number of nitrogens with one attached hydrogen (secondary N) is 1. The van der Waals surface area contributed by atoms with Crippen molar-refractivity contribution in [3.8, 4) is 0 Å². The van der Waals surface area contributed by atoms with Crippen molar-refractivity contribution in [3.05, 3.63) is 69.7 Å². The Morgan fingerprint density at radius 3 is 2.32 bits per heavy atom. The molecule has 0 saturated heterocycles. The van der Waals surface area contributed by atoms with Crippen LogP contribution in [0.1, 0.15) is 17.2 Å². The van der Waals surface area contributed by atoms with E-state index >= 15 is 0 Å². The van der Waals surface area contributed by atoms with Crippen molar-refractivity contribution in [1.29, 1.82) is 0 Å². The van der Waals surface area contributed by atoms with Crippen LogP contribution in [-0.4, -0.2) is 0 Å². The number of hydrogen-bond donors (Lipinski definition) is 2. The first kappa shape index (κ1) is 14.1. The van der Waals surface area contributed by atoms with Crippen molar-refractivity contribution in [2.75, 3.05) is 0 Å². The van der Waals surface area contributed by atoms with Crippen LogP contribution in [0, 0.1) is 11.6 Å². The molecule has 2 nitrogen and oxygen atoms in total. The number of nitrogens with two attached hydrogens (primary N) is 1. The molecule has 0 amide bonds. The Morgan fingerprint density at radius 1 is 1.05 bits per heavy atom. The van der Waals surface area contributed by atoms with Crippen LogP contribution in [0.3, 0.4) is 0 Å². The lowest BCUT2D eigenvalue weighted by molar-refractivity contribution is 0.541. The second-order valence-corrected chi connectivity index (χ2v) is 5.07. The summed E-state index contributed by atoms with van der Waals surface area (Å²) in [6, 6.07) is 10.3. The molecule has 0 aliphatic rings. The van der Waals surface area contributed by atoms with E-state index < -0.39 is 0 Å². The molecule has 1 atom stereocenters. The lowest BCUT2D eigenvalue weighted by Gasteiger charge is -2.18. The van der Waals surface area contributed by atoms with Gasteiger partial charge in [-0.25, -0.2) is 8.78 Å². The van der Waals surface area contributed by atoms with Gasteiger partial charge in [-0.05, 0) is 47.9 Å². The highest BCUT2D eigenvalue weighted by Gasteiger charge is 2.14. The molecule has 0 aromatic heterocycles. The molecule has 0 bridgehead atoms. The molecular formula is C14H13BrF2N2. The molecule has 19 heavy (non-hydrogen) atoms. The van der Waals surface area contributed by atoms with Gasteiger partial charge in [-0.1, -0.05) is 28.1 Å². The summed E-state index contributed by atoms with van der Waals surface area (Å²) in [6.45, 7) is 0. The van der Waals surface area contributed by atoms with E-state index in [-0.39, 0.29) is 17.7 Å². The summed E-state index contributed by atoms with van der Waals surface area (Å²) in [7, 11) is 0. The van der Waals surface area contributed by atoms with E-state index in [0.717, 1.165) is 15.6 Å². The van der Waals surface area contributed by atoms with Gasteiger partial charge in [-0.3, -0.25) is 11.3 Å². The van der Waals surface area contributed by atoms with Gasteiger partial charge in [0.1, 0.15) is 11.6 Å². The maximum absolute atomic E-state index is 13.3. The van der Waals surface area contributed by atoms with E-state index in [0.29, 0.717) is 6.42 Å². The van der Waals surface area contributed by atoms with E-state index in [2.05, 4.69) is 21.4 Å². The molecular weight excluding hydrogens is 314 g/mol. The Labute approximate surface area is 118 Å². The van der Waals surface area contributed by atoms with Gasteiger partial charge in [-0.15, -0.1) is 0 Å². The Kier molecular flexibility index (Phi) is 4.63. The van der Waals surface area contributed by atoms with E-state index in [1.807, 2.05) is 0 Å². The Balaban J connectivity index is 2.24. The number of rotatable bonds is 4. The van der Waals surface area contributed by atoms with Crippen molar-refractivity contribution in [2.24, 2.45) is 5.84 Å². The normalized spacial score (nSPS) is 12.4. The third-order valence-corrected chi connectivity index (χ3v) is 3.61. The first-order chi connectivity index (χ1) is 9.10. The summed E-state index contributed by atoms with van der Waals surface area (Å²) in [4.78, 5) is 0. The summed E-state index contributed by atoms with van der Waals surface area (Å²) >= 11 is 3.37. The monoisotopic (exact) mass is 326 g/mol. The second kappa shape index (κ2) is 6.23. The van der Waals surface area contributed by atoms with Crippen molar-refractivity contribution in [1.82, 2.24) is 5.43 Å². The summed E-state index contributed by atoms with van der Waals surface area (Å²) in [6.07, 6.45) is 0.541. The predicted octanol–water partition coefficient (Wildman–Crippen LogP) is 3.47. The average molecular weight is 327 g/mol. The largest absolute Gasteiger partial charge is 0.271 e. The fourth-order valence-corrected chi connectivity index (χ4v) is 2.42. The molecule has 100 valence electrons. The molecule has 0 aliphatic carbocycles. The highest BCUT2D eigenvalue weighted by Crippen LogP contribution is 2.26. The van der Waals surface area contributed by atoms with Crippen LogP contribution in [-0.2, 0) is 6.42 Å². The van der Waals surface area contributed by atoms with Crippen LogP contribution in [0.4, 0.5) is 8.78 Å². The topological polar surface area (TPSA) is 38.0 Å². The first-order valence-corrected chi connectivity index (χ1v) is 6.55. The standard InChI is InChI=1S/C14H13BrF2N2/c15-13-6-5-11(17)8-12(13)14(19-18)7-9-1-3-10(16)4-2-9/h1-6,8,14,19H,7,18H2. The number of benzene rings is 2. The molecule has 0 saturated carbocycles. The van der Waals surface area contributed by atoms with Crippen molar-refractivity contribution >= 4 is 15.9 Å². The highest BCUT2D eigenvalue weighted by atomic mass is 79.9. The van der Waals surface area contributed by atoms with Crippen LogP contribution < -0.4 is 11.3 Å². The van der Waals surface area contributed by atoms with Gasteiger partial charge in [0.15, 0.2) is 0 Å². The SMILES string of the molecule is NNC(Cc1ccc(F)cc1)c1cc(F)ccc1Br. The highest BCUT2D eigenvalue weighted by molar-refractivity contribution is 9.10. The third-order valence-electron chi connectivity index (χ3n) is 2.89. The van der Waals surface area contributed by atoms with E-state index in [1.165, 1.54) is 24.3 Å². The van der Waals surface area contributed by atoms with Gasteiger partial charge in [0.05, 0.1) is 6.04 Å². The summed E-state index contributed by atoms with van der Waals surface area (Å²) in [5, 5.41) is 0. The molecule has 5 heteroatoms. The summed E-state index contributed by atoms with van der Waals surface area (Å²) < 4.78 is 26.9. The minimum Gasteiger partial charge on any atom is -0.271 e. The van der Waals surface area contributed by atoms with Gasteiger partial charge in [0, 0.05) is 4.47 Å². The molecule has 0 spiro atoms. The van der Waals surface area contributed by atoms with Crippen molar-refractivity contribution < 1.29 is 8.78 Å². The van der Waals surface area contributed by atoms with E-state index in [1.54, 1.807) is 18.2 Å². The molecule has 3 N–H and O–H groups in total. The fourth-order valence-electron chi connectivity index (χ4n) is 1.90. The van der Waals surface area contributed by atoms with E-state index in [4.69, 9.17) is 5.84 Å². The molecule has 2 aromatic carbocycles. The predicted molar refractivity (Wildman–Crippen MR) is 74.3 cm³/mol. The third kappa shape index (κ3) is 3.59. The zero-order chi connectivity index (χ0) is 13.8. The lowest BCUT2D eigenvalue weighted by Crippen LogP contribution is -2.30. The van der Waals surface area contributed by atoms with Crippen LogP contribution in [0.25, 0.3) is 0 Å². The molecule has 2 rings (SSSR count). The fraction of sp³-hybridized carbons (Fsp3) is 0.143. The van der Waals surface area contributed by atoms with Gasteiger partial charge in [0.2, 0.25) is 0 Å². The lowest BCUT2D eigenvalue weighted by atomic mass is 9.99. The summed E-state index contributed by atoms with van der Waals surface area (Å²) in [5.74, 6) is 4.93. The Morgan fingerprint density at radius 2 is 1.68 bits per heavy atom. The number of halogens is 3. The molecule has 1 unspecified atom stereocenters. The van der Waals surface area contributed by atoms with Crippen LogP contribution >= 0.6 is 15.9 Å². The van der Waals surface area contributed by atoms with Gasteiger partial charge < -0.3 is 0 Å². The van der Waals surface area contributed by atoms with Gasteiger partial charge >= 0.3 is 0 Å².